The molecule has 0 bridgehead atoms. The lowest BCUT2D eigenvalue weighted by atomic mass is 10.1. The van der Waals surface area contributed by atoms with Gasteiger partial charge in [0.15, 0.2) is 0 Å². The Balaban J connectivity index is 1.61. The Bertz CT molecular complexity index is 919. The molecule has 3 aromatic rings. The third kappa shape index (κ3) is 5.61. The maximum Gasteiger partial charge on any atom is 0.252 e. The van der Waals surface area contributed by atoms with E-state index in [-0.39, 0.29) is 18.2 Å². The van der Waals surface area contributed by atoms with Crippen LogP contribution in [-0.2, 0) is 9.59 Å². The van der Waals surface area contributed by atoms with Crippen LogP contribution in [0.3, 0.4) is 0 Å². The van der Waals surface area contributed by atoms with Crippen molar-refractivity contribution < 1.29 is 9.59 Å². The number of hydrogen-bond donors (Lipinski definition) is 3. The number of nitrogens with one attached hydrogen (secondary N) is 3. The average molecular weight is 415 g/mol. The molecule has 0 saturated heterocycles. The molecule has 0 aliphatic rings. The van der Waals surface area contributed by atoms with Gasteiger partial charge in [-0.2, -0.15) is 5.10 Å². The van der Waals surface area contributed by atoms with Crippen LogP contribution in [-0.4, -0.2) is 27.8 Å². The van der Waals surface area contributed by atoms with Crippen molar-refractivity contribution in [3.8, 4) is 0 Å². The molecule has 1 aromatic heterocycles. The molecule has 1 atom stereocenters. The zero-order chi connectivity index (χ0) is 19.8. The molecule has 3 rings (SSSR count). The highest BCUT2D eigenvalue weighted by molar-refractivity contribution is 7.99. The summed E-state index contributed by atoms with van der Waals surface area (Å²) in [5, 5.41) is 12.7. The van der Waals surface area contributed by atoms with E-state index < -0.39 is 6.04 Å². The van der Waals surface area contributed by atoms with Gasteiger partial charge in [0.05, 0.1) is 11.2 Å². The number of anilines is 1. The van der Waals surface area contributed by atoms with Gasteiger partial charge in [-0.15, -0.1) is 11.8 Å². The van der Waals surface area contributed by atoms with Crippen molar-refractivity contribution in [3.63, 3.8) is 0 Å². The van der Waals surface area contributed by atoms with Crippen molar-refractivity contribution >= 4 is 41.0 Å². The van der Waals surface area contributed by atoms with E-state index in [1.54, 1.807) is 18.2 Å². The molecule has 0 fully saturated rings. The first-order valence-corrected chi connectivity index (χ1v) is 10.0. The molecule has 2 aromatic carbocycles. The van der Waals surface area contributed by atoms with Gasteiger partial charge in [0.2, 0.25) is 5.91 Å². The first kappa shape index (κ1) is 20.0. The molecule has 28 heavy (non-hydrogen) atoms. The summed E-state index contributed by atoms with van der Waals surface area (Å²) in [6, 6.07) is 17.4. The second-order valence-electron chi connectivity index (χ2n) is 5.90. The number of halogens is 1. The Morgan fingerprint density at radius 2 is 1.82 bits per heavy atom. The smallest absolute Gasteiger partial charge is 0.252 e. The second-order valence-corrected chi connectivity index (χ2v) is 7.44. The minimum Gasteiger partial charge on any atom is -0.340 e. The number of aromatic nitrogens is 2. The maximum atomic E-state index is 12.7. The van der Waals surface area contributed by atoms with Gasteiger partial charge in [-0.25, -0.2) is 0 Å². The molecule has 0 aliphatic carbocycles. The molecule has 0 unspecified atom stereocenters. The van der Waals surface area contributed by atoms with Crippen LogP contribution in [0, 0.1) is 0 Å². The lowest BCUT2D eigenvalue weighted by Gasteiger charge is -2.18. The Kier molecular flexibility index (Phi) is 7.11. The molecule has 0 saturated carbocycles. The fourth-order valence-electron chi connectivity index (χ4n) is 2.52. The van der Waals surface area contributed by atoms with Gasteiger partial charge < -0.3 is 10.6 Å². The van der Waals surface area contributed by atoms with Crippen LogP contribution in [0.4, 0.5) is 5.82 Å². The van der Waals surface area contributed by atoms with E-state index >= 15 is 0 Å². The van der Waals surface area contributed by atoms with Gasteiger partial charge in [-0.1, -0.05) is 54.1 Å². The summed E-state index contributed by atoms with van der Waals surface area (Å²) >= 11 is 7.63. The molecule has 0 aliphatic heterocycles. The molecule has 0 spiro atoms. The number of aromatic amines is 1. The van der Waals surface area contributed by atoms with E-state index in [0.717, 1.165) is 4.90 Å². The fraction of sp³-hybridized carbons (Fsp3) is 0.150. The fourth-order valence-corrected chi connectivity index (χ4v) is 3.71. The third-order valence-corrected chi connectivity index (χ3v) is 5.40. The summed E-state index contributed by atoms with van der Waals surface area (Å²) in [6.07, 6.45) is 1.80. The van der Waals surface area contributed by atoms with Crippen LogP contribution >= 0.6 is 23.4 Å². The highest BCUT2D eigenvalue weighted by Crippen LogP contribution is 2.27. The van der Waals surface area contributed by atoms with E-state index in [0.29, 0.717) is 22.2 Å². The summed E-state index contributed by atoms with van der Waals surface area (Å²) in [4.78, 5) is 26.1. The van der Waals surface area contributed by atoms with Crippen molar-refractivity contribution in [2.45, 2.75) is 17.4 Å². The Morgan fingerprint density at radius 3 is 2.54 bits per heavy atom. The number of nitrogens with zero attached hydrogens (tertiary/aromatic N) is 1. The van der Waals surface area contributed by atoms with Crippen LogP contribution in [0.5, 0.6) is 0 Å². The van der Waals surface area contributed by atoms with Crippen molar-refractivity contribution in [3.05, 3.63) is 77.4 Å². The largest absolute Gasteiger partial charge is 0.340 e. The summed E-state index contributed by atoms with van der Waals surface area (Å²) in [5.74, 6) is 0.462. The SMILES string of the molecule is O=C(CCSc1ccccc1Cl)N[C@H](C(=O)Nc1ccn[nH]1)c1ccccc1. The number of rotatable bonds is 8. The molecule has 2 amide bonds. The summed E-state index contributed by atoms with van der Waals surface area (Å²) in [7, 11) is 0. The normalized spacial score (nSPS) is 11.6. The number of hydrogen-bond acceptors (Lipinski definition) is 4. The van der Waals surface area contributed by atoms with E-state index in [1.807, 2.05) is 42.5 Å². The maximum absolute atomic E-state index is 12.7. The van der Waals surface area contributed by atoms with Gasteiger partial charge in [-0.3, -0.25) is 14.7 Å². The van der Waals surface area contributed by atoms with Crippen LogP contribution < -0.4 is 10.6 Å². The van der Waals surface area contributed by atoms with Crippen LogP contribution in [0.25, 0.3) is 0 Å². The topological polar surface area (TPSA) is 86.9 Å². The first-order chi connectivity index (χ1) is 13.6. The lowest BCUT2D eigenvalue weighted by Crippen LogP contribution is -2.37. The summed E-state index contributed by atoms with van der Waals surface area (Å²) in [6.45, 7) is 0. The van der Waals surface area contributed by atoms with E-state index in [1.165, 1.54) is 18.0 Å². The predicted molar refractivity (Wildman–Crippen MR) is 111 cm³/mol. The van der Waals surface area contributed by atoms with Crippen molar-refractivity contribution in [2.75, 3.05) is 11.1 Å². The van der Waals surface area contributed by atoms with Crippen LogP contribution in [0.1, 0.15) is 18.0 Å². The zero-order valence-corrected chi connectivity index (χ0v) is 16.5. The zero-order valence-electron chi connectivity index (χ0n) is 14.9. The monoisotopic (exact) mass is 414 g/mol. The lowest BCUT2D eigenvalue weighted by molar-refractivity contribution is -0.126. The quantitative estimate of drug-likeness (QED) is 0.485. The van der Waals surface area contributed by atoms with Gasteiger partial charge in [-0.05, 0) is 17.7 Å². The molecule has 1 heterocycles. The number of benzene rings is 2. The minimum absolute atomic E-state index is 0.215. The highest BCUT2D eigenvalue weighted by Gasteiger charge is 2.23. The number of carbonyl (C=O) groups is 2. The predicted octanol–water partition coefficient (Wildman–Crippen LogP) is 4.04. The number of carbonyl (C=O) groups excluding carboxylic acids is 2. The van der Waals surface area contributed by atoms with Gasteiger partial charge in [0.25, 0.3) is 5.91 Å². The second kappa shape index (κ2) is 9.96. The van der Waals surface area contributed by atoms with Crippen LogP contribution in [0.15, 0.2) is 71.8 Å². The minimum atomic E-state index is -0.803. The standard InChI is InChI=1S/C20H19ClN4O2S/c21-15-8-4-5-9-16(15)28-13-11-18(26)24-19(14-6-2-1-3-7-14)20(27)23-17-10-12-22-25-17/h1-10,12,19H,11,13H2,(H,24,26)(H2,22,23,25,27)/t19-/m0/s1. The molecule has 6 nitrogen and oxygen atoms in total. The molecular weight excluding hydrogens is 396 g/mol. The first-order valence-electron chi connectivity index (χ1n) is 8.65. The van der Waals surface area contributed by atoms with Crippen molar-refractivity contribution in [2.24, 2.45) is 0 Å². The van der Waals surface area contributed by atoms with Crippen molar-refractivity contribution in [1.82, 2.24) is 15.5 Å². The van der Waals surface area contributed by atoms with Gasteiger partial charge in [0, 0.05) is 23.1 Å². The van der Waals surface area contributed by atoms with E-state index in [2.05, 4.69) is 20.8 Å². The number of thioether (sulfide) groups is 1. The summed E-state index contributed by atoms with van der Waals surface area (Å²) in [5.41, 5.74) is 0.701. The number of H-pyrrole nitrogens is 1. The Morgan fingerprint density at radius 1 is 1.07 bits per heavy atom. The number of amides is 2. The molecule has 144 valence electrons. The Hall–Kier alpha value is -2.77. The van der Waals surface area contributed by atoms with Gasteiger partial charge in [0.1, 0.15) is 11.9 Å². The van der Waals surface area contributed by atoms with Gasteiger partial charge >= 0.3 is 0 Å². The average Bonchev–Trinajstić information content (AvgIpc) is 3.21. The Labute approximate surface area is 172 Å². The molecule has 3 N–H and O–H groups in total. The third-order valence-electron chi connectivity index (χ3n) is 3.88. The van der Waals surface area contributed by atoms with Crippen molar-refractivity contribution in [1.29, 1.82) is 0 Å². The highest BCUT2D eigenvalue weighted by atomic mass is 35.5. The van der Waals surface area contributed by atoms with E-state index in [9.17, 15) is 9.59 Å². The molecule has 8 heteroatoms. The van der Waals surface area contributed by atoms with E-state index in [4.69, 9.17) is 11.6 Å². The van der Waals surface area contributed by atoms with Crippen LogP contribution in [0.2, 0.25) is 5.02 Å². The molecular formula is C20H19ClN4O2S. The summed E-state index contributed by atoms with van der Waals surface area (Å²) < 4.78 is 0. The molecule has 0 radical (unpaired) electrons.